The van der Waals surface area contributed by atoms with Gasteiger partial charge in [-0.2, -0.15) is 48.7 Å². The minimum Gasteiger partial charge on any atom is -0.346 e. The molecule has 0 saturated carbocycles. The van der Waals surface area contributed by atoms with Gasteiger partial charge in [0.2, 0.25) is 0 Å². The molecule has 0 aromatic heterocycles. The van der Waals surface area contributed by atoms with Crippen LogP contribution in [0.3, 0.4) is 0 Å². The van der Waals surface area contributed by atoms with Crippen LogP contribution in [0.15, 0.2) is 12.1 Å². The smallest absolute Gasteiger partial charge is 0 e. The van der Waals surface area contributed by atoms with Gasteiger partial charge in [0, 0.05) is 19.5 Å². The van der Waals surface area contributed by atoms with Crippen molar-refractivity contribution < 1.29 is 19.5 Å². The minimum absolute atomic E-state index is 0. The molecule has 0 saturated heterocycles. The van der Waals surface area contributed by atoms with Crippen molar-refractivity contribution in [3.05, 3.63) is 48.7 Å². The van der Waals surface area contributed by atoms with Crippen molar-refractivity contribution in [3.63, 3.8) is 0 Å². The van der Waals surface area contributed by atoms with Crippen LogP contribution in [0.2, 0.25) is 0 Å². The van der Waals surface area contributed by atoms with Gasteiger partial charge in [0.15, 0.2) is 0 Å². The fourth-order valence-electron chi connectivity index (χ4n) is 1.81. The molecule has 0 aliphatic carbocycles. The van der Waals surface area contributed by atoms with Crippen LogP contribution in [0.25, 0.3) is 0 Å². The summed E-state index contributed by atoms with van der Waals surface area (Å²) in [6.45, 7) is 30.4. The third-order valence-corrected chi connectivity index (χ3v) is 3.35. The van der Waals surface area contributed by atoms with Crippen LogP contribution in [0, 0.1) is 19.9 Å². The van der Waals surface area contributed by atoms with Gasteiger partial charge < -0.3 is 13.8 Å². The van der Waals surface area contributed by atoms with Crippen molar-refractivity contribution in [1.29, 1.82) is 0 Å². The van der Waals surface area contributed by atoms with Crippen molar-refractivity contribution in [3.8, 4) is 0 Å². The van der Waals surface area contributed by atoms with Crippen LogP contribution in [-0.2, 0) is 35.7 Å². The monoisotopic (exact) mass is 367 g/mol. The molecule has 0 nitrogen and oxygen atoms in total. The van der Waals surface area contributed by atoms with Crippen molar-refractivity contribution in [1.82, 2.24) is 0 Å². The summed E-state index contributed by atoms with van der Waals surface area (Å²) < 4.78 is 0. The van der Waals surface area contributed by atoms with Crippen molar-refractivity contribution >= 4 is 0 Å². The molecule has 0 bridgehead atoms. The van der Waals surface area contributed by atoms with E-state index in [0.717, 1.165) is 0 Å². The number of hydrogen-bond donors (Lipinski definition) is 0. The van der Waals surface area contributed by atoms with Crippen LogP contribution in [0.4, 0.5) is 0 Å². The Labute approximate surface area is 160 Å². The first kappa shape index (κ1) is 27.7. The summed E-state index contributed by atoms with van der Waals surface area (Å²) in [4.78, 5) is 0. The van der Waals surface area contributed by atoms with E-state index >= 15 is 0 Å². The number of rotatable bonds is 0. The molecule has 0 heterocycles. The molecular weight excluding hydrogens is 330 g/mol. The maximum atomic E-state index is 3.64. The topological polar surface area (TPSA) is 0 Å². The standard InChI is InChI=1S/C18H29.2C2H5.Zn/c1-16(2,3)13-10-14(17(4,5)6)12-15(11-13)18(7,8)9;2*1-2;/h10-11H,1-9H3;2*1H2,2H3;/q3*-1;. The average molecular weight is 369 g/mol. The molecule has 1 aromatic carbocycles. The van der Waals surface area contributed by atoms with Gasteiger partial charge in [0.25, 0.3) is 0 Å². The van der Waals surface area contributed by atoms with E-state index in [1.807, 2.05) is 0 Å². The summed E-state index contributed by atoms with van der Waals surface area (Å²) in [7, 11) is 0. The van der Waals surface area contributed by atoms with Crippen LogP contribution >= 0.6 is 0 Å². The molecule has 23 heavy (non-hydrogen) atoms. The maximum Gasteiger partial charge on any atom is 0 e. The first-order valence-electron chi connectivity index (χ1n) is 8.32. The molecule has 0 atom stereocenters. The first-order valence-corrected chi connectivity index (χ1v) is 8.32. The predicted octanol–water partition coefficient (Wildman–Crippen LogP) is 7.06. The fourth-order valence-corrected chi connectivity index (χ4v) is 1.81. The molecule has 1 heteroatoms. The summed E-state index contributed by atoms with van der Waals surface area (Å²) in [6, 6.07) is 8.29. The van der Waals surface area contributed by atoms with E-state index < -0.39 is 0 Å². The molecule has 0 fully saturated rings. The van der Waals surface area contributed by atoms with E-state index in [1.165, 1.54) is 16.7 Å². The summed E-state index contributed by atoms with van der Waals surface area (Å²) in [5.41, 5.74) is 4.55. The Morgan fingerprint density at radius 1 is 0.609 bits per heavy atom. The van der Waals surface area contributed by atoms with Crippen LogP contribution in [0.5, 0.6) is 0 Å². The maximum absolute atomic E-state index is 3.64. The van der Waals surface area contributed by atoms with E-state index in [1.54, 1.807) is 13.8 Å². The van der Waals surface area contributed by atoms with Crippen LogP contribution < -0.4 is 0 Å². The van der Waals surface area contributed by atoms with Gasteiger partial charge in [-0.3, -0.25) is 0 Å². The summed E-state index contributed by atoms with van der Waals surface area (Å²) in [6.07, 6.45) is 0. The van der Waals surface area contributed by atoms with E-state index in [9.17, 15) is 0 Å². The van der Waals surface area contributed by atoms with Crippen LogP contribution in [-0.4, -0.2) is 0 Å². The van der Waals surface area contributed by atoms with E-state index in [2.05, 4.69) is 94.4 Å². The zero-order valence-corrected chi connectivity index (χ0v) is 20.7. The van der Waals surface area contributed by atoms with E-state index in [0.29, 0.717) is 0 Å². The van der Waals surface area contributed by atoms with Gasteiger partial charge >= 0.3 is 0 Å². The van der Waals surface area contributed by atoms with Gasteiger partial charge in [0.05, 0.1) is 0 Å². The van der Waals surface area contributed by atoms with Crippen molar-refractivity contribution in [2.24, 2.45) is 0 Å². The number of hydrogen-bond acceptors (Lipinski definition) is 0. The predicted molar refractivity (Wildman–Crippen MR) is 103 cm³/mol. The molecule has 0 amide bonds. The molecule has 1 rings (SSSR count). The second-order valence-electron chi connectivity index (χ2n) is 8.45. The second kappa shape index (κ2) is 10.7. The molecule has 0 unspecified atom stereocenters. The summed E-state index contributed by atoms with van der Waals surface area (Å²) >= 11 is 0. The van der Waals surface area contributed by atoms with Gasteiger partial charge in [-0.25, -0.2) is 0 Å². The zero-order chi connectivity index (χ0) is 18.4. The summed E-state index contributed by atoms with van der Waals surface area (Å²) in [5, 5.41) is 0. The SMILES string of the molecule is CC(C)(C)c1[c-]c(C(C)(C)C)cc(C(C)(C)C)c1.[CH2-]C.[CH2-]C.[Zn]. The van der Waals surface area contributed by atoms with Gasteiger partial charge in [0.1, 0.15) is 0 Å². The zero-order valence-electron chi connectivity index (χ0n) is 17.8. The third-order valence-electron chi connectivity index (χ3n) is 3.35. The summed E-state index contributed by atoms with van der Waals surface area (Å²) in [5.74, 6) is 0. The molecule has 0 spiro atoms. The molecule has 1 aromatic rings. The van der Waals surface area contributed by atoms with Gasteiger partial charge in [-0.15, -0.1) is 0 Å². The Balaban J connectivity index is -0.000000739. The third kappa shape index (κ3) is 9.66. The second-order valence-corrected chi connectivity index (χ2v) is 8.45. The van der Waals surface area contributed by atoms with E-state index in [4.69, 9.17) is 0 Å². The molecule has 0 aliphatic heterocycles. The van der Waals surface area contributed by atoms with E-state index in [-0.39, 0.29) is 35.7 Å². The molecule has 0 N–H and O–H groups in total. The normalized spacial score (nSPS) is 11.3. The Hall–Kier alpha value is -0.157. The van der Waals surface area contributed by atoms with Crippen molar-refractivity contribution in [2.45, 2.75) is 92.4 Å². The largest absolute Gasteiger partial charge is 0.346 e. The minimum atomic E-state index is 0. The van der Waals surface area contributed by atoms with Gasteiger partial charge in [-0.05, 0) is 16.2 Å². The molecule has 0 radical (unpaired) electrons. The molecule has 132 valence electrons. The first-order chi connectivity index (χ1) is 9.82. The van der Waals surface area contributed by atoms with Gasteiger partial charge in [-0.1, -0.05) is 62.3 Å². The quantitative estimate of drug-likeness (QED) is 0.339. The number of benzene rings is 1. The molecular formula is C22H39Zn-3. The Morgan fingerprint density at radius 3 is 1.04 bits per heavy atom. The van der Waals surface area contributed by atoms with Crippen LogP contribution in [0.1, 0.15) is 92.9 Å². The average Bonchev–Trinajstić information content (AvgIpc) is 2.40. The Kier molecular flexibility index (Phi) is 12.8. The fraction of sp³-hybridized carbons (Fsp3) is 0.636. The Morgan fingerprint density at radius 2 is 0.870 bits per heavy atom. The Bertz CT molecular complexity index is 344. The molecule has 0 aliphatic rings. The van der Waals surface area contributed by atoms with Crippen molar-refractivity contribution in [2.75, 3.05) is 0 Å².